The van der Waals surface area contributed by atoms with E-state index in [2.05, 4.69) is 30.2 Å². The normalized spacial score (nSPS) is 14.8. The summed E-state index contributed by atoms with van der Waals surface area (Å²) < 4.78 is 2.40. The lowest BCUT2D eigenvalue weighted by molar-refractivity contribution is -0.521. The minimum atomic E-state index is 0.277. The molecule has 0 unspecified atom stereocenters. The van der Waals surface area contributed by atoms with E-state index < -0.39 is 0 Å². The van der Waals surface area contributed by atoms with Crippen LogP contribution in [0.4, 0.5) is 0 Å². The summed E-state index contributed by atoms with van der Waals surface area (Å²) in [6.07, 6.45) is 19.7. The Kier molecular flexibility index (Phi) is 14.9. The molecule has 0 aliphatic carbocycles. The monoisotopic (exact) mass is 381 g/mol. The Morgan fingerprint density at radius 1 is 0.852 bits per heavy atom. The van der Waals surface area contributed by atoms with E-state index in [-0.39, 0.29) is 6.61 Å². The smallest absolute Gasteiger partial charge is 0.247 e. The van der Waals surface area contributed by atoms with Gasteiger partial charge in [0.1, 0.15) is 19.6 Å². The van der Waals surface area contributed by atoms with Crippen LogP contribution in [0.3, 0.4) is 0 Å². The zero-order valence-corrected chi connectivity index (χ0v) is 18.9. The van der Waals surface area contributed by atoms with Crippen LogP contribution in [0, 0.1) is 5.92 Å². The fourth-order valence-corrected chi connectivity index (χ4v) is 4.32. The largest absolute Gasteiger partial charge is 0.392 e. The molecule has 0 aromatic heterocycles. The second-order valence-electron chi connectivity index (χ2n) is 8.88. The number of β-amino-alcohol motifs (C(OH)–C–C–N with tert-alkyl or cyclic N) is 1. The van der Waals surface area contributed by atoms with Crippen molar-refractivity contribution in [2.24, 2.45) is 5.92 Å². The van der Waals surface area contributed by atoms with Crippen LogP contribution in [0.25, 0.3) is 0 Å². The molecule has 0 radical (unpaired) electrons. The quantitative estimate of drug-likeness (QED) is 0.238. The van der Waals surface area contributed by atoms with Crippen molar-refractivity contribution >= 4 is 5.84 Å². The van der Waals surface area contributed by atoms with E-state index >= 15 is 0 Å². The van der Waals surface area contributed by atoms with Gasteiger partial charge in [-0.1, -0.05) is 90.9 Å². The van der Waals surface area contributed by atoms with E-state index in [1.54, 1.807) is 0 Å². The van der Waals surface area contributed by atoms with Gasteiger partial charge >= 0.3 is 0 Å². The van der Waals surface area contributed by atoms with Crippen LogP contribution < -0.4 is 0 Å². The van der Waals surface area contributed by atoms with Crippen molar-refractivity contribution in [3.63, 3.8) is 0 Å². The lowest BCUT2D eigenvalue weighted by Gasteiger charge is -2.11. The second kappa shape index (κ2) is 16.4. The van der Waals surface area contributed by atoms with Crippen LogP contribution in [0.5, 0.6) is 0 Å². The maximum Gasteiger partial charge on any atom is 0.247 e. The maximum atomic E-state index is 9.23. The first-order valence-corrected chi connectivity index (χ1v) is 12.2. The van der Waals surface area contributed by atoms with Crippen molar-refractivity contribution in [3.05, 3.63) is 0 Å². The van der Waals surface area contributed by atoms with Crippen LogP contribution >= 0.6 is 0 Å². The van der Waals surface area contributed by atoms with E-state index in [0.717, 1.165) is 32.1 Å². The first kappa shape index (κ1) is 24.5. The van der Waals surface area contributed by atoms with E-state index in [1.165, 1.54) is 95.7 Å². The van der Waals surface area contributed by atoms with E-state index in [9.17, 15) is 5.11 Å². The Hall–Kier alpha value is -0.570. The molecule has 160 valence electrons. The van der Waals surface area contributed by atoms with Gasteiger partial charge in [-0.25, -0.2) is 0 Å². The van der Waals surface area contributed by atoms with Crippen molar-refractivity contribution in [1.82, 2.24) is 4.90 Å². The highest BCUT2D eigenvalue weighted by Gasteiger charge is 2.27. The summed E-state index contributed by atoms with van der Waals surface area (Å²) in [6, 6.07) is 0. The third-order valence-electron chi connectivity index (χ3n) is 6.05. The number of aliphatic hydroxyl groups is 1. The van der Waals surface area contributed by atoms with Gasteiger partial charge < -0.3 is 5.11 Å². The standard InChI is InChI=1S/C24H49N2O/c1-4-25-19-20-26(21-22-27)24(25)18-16-14-12-10-8-6-5-7-9-11-13-15-17-23(2)3/h23,27H,4-22H2,1-3H3/q+1. The van der Waals surface area contributed by atoms with Gasteiger partial charge in [0.15, 0.2) is 0 Å². The Balaban J connectivity index is 1.91. The molecule has 3 nitrogen and oxygen atoms in total. The van der Waals surface area contributed by atoms with Crippen LogP contribution in [-0.2, 0) is 0 Å². The van der Waals surface area contributed by atoms with Crippen molar-refractivity contribution in [1.29, 1.82) is 0 Å². The average molecular weight is 382 g/mol. The highest BCUT2D eigenvalue weighted by molar-refractivity contribution is 5.78. The van der Waals surface area contributed by atoms with Crippen molar-refractivity contribution in [2.45, 2.75) is 111 Å². The molecular weight excluding hydrogens is 332 g/mol. The van der Waals surface area contributed by atoms with Gasteiger partial charge in [0.2, 0.25) is 5.84 Å². The molecule has 0 saturated heterocycles. The third-order valence-corrected chi connectivity index (χ3v) is 6.05. The lowest BCUT2D eigenvalue weighted by atomic mass is 10.0. The first-order valence-electron chi connectivity index (χ1n) is 12.2. The highest BCUT2D eigenvalue weighted by Crippen LogP contribution is 2.15. The van der Waals surface area contributed by atoms with Crippen molar-refractivity contribution in [3.8, 4) is 0 Å². The molecule has 0 saturated carbocycles. The van der Waals surface area contributed by atoms with Gasteiger partial charge in [-0.15, -0.1) is 0 Å². The number of rotatable bonds is 18. The molecule has 3 heteroatoms. The summed E-state index contributed by atoms with van der Waals surface area (Å²) in [5, 5.41) is 9.23. The molecule has 1 aliphatic heterocycles. The van der Waals surface area contributed by atoms with Gasteiger partial charge in [0.05, 0.1) is 13.2 Å². The molecule has 0 amide bonds. The maximum absolute atomic E-state index is 9.23. The first-order chi connectivity index (χ1) is 13.2. The van der Waals surface area contributed by atoms with Gasteiger partial charge in [-0.05, 0) is 19.3 Å². The topological polar surface area (TPSA) is 26.5 Å². The average Bonchev–Trinajstić information content (AvgIpc) is 3.04. The third kappa shape index (κ3) is 11.8. The van der Waals surface area contributed by atoms with E-state index in [0.29, 0.717) is 0 Å². The highest BCUT2D eigenvalue weighted by atomic mass is 16.3. The van der Waals surface area contributed by atoms with Crippen LogP contribution in [-0.4, -0.2) is 53.2 Å². The van der Waals surface area contributed by atoms with Gasteiger partial charge in [0, 0.05) is 6.42 Å². The Labute approximate surface area is 170 Å². The molecule has 0 bridgehead atoms. The summed E-state index contributed by atoms with van der Waals surface area (Å²) in [4.78, 5) is 2.50. The van der Waals surface area contributed by atoms with Gasteiger partial charge in [-0.2, -0.15) is 0 Å². The molecule has 1 aliphatic rings. The predicted octanol–water partition coefficient (Wildman–Crippen LogP) is 5.84. The number of amidine groups is 1. The van der Waals surface area contributed by atoms with Crippen LogP contribution in [0.15, 0.2) is 0 Å². The molecule has 1 rings (SSSR count). The van der Waals surface area contributed by atoms with Crippen molar-refractivity contribution in [2.75, 3.05) is 32.8 Å². The predicted molar refractivity (Wildman–Crippen MR) is 119 cm³/mol. The summed E-state index contributed by atoms with van der Waals surface area (Å²) in [5.74, 6) is 2.37. The molecule has 0 spiro atoms. The number of nitrogens with zero attached hydrogens (tertiary/aromatic N) is 2. The molecule has 0 atom stereocenters. The van der Waals surface area contributed by atoms with E-state index in [1.807, 2.05) is 0 Å². The zero-order valence-electron chi connectivity index (χ0n) is 18.9. The second-order valence-corrected chi connectivity index (χ2v) is 8.88. The molecule has 27 heavy (non-hydrogen) atoms. The SMILES string of the molecule is CCN1CC[N+](CCO)=C1CCCCCCCCCCCCCCC(C)C. The number of likely N-dealkylation sites (N-methyl/N-ethyl adjacent to an activating group) is 1. The number of hydrogen-bond acceptors (Lipinski definition) is 2. The summed E-state index contributed by atoms with van der Waals surface area (Å²) in [7, 11) is 0. The Morgan fingerprint density at radius 2 is 1.37 bits per heavy atom. The summed E-state index contributed by atoms with van der Waals surface area (Å²) in [6.45, 7) is 11.3. The van der Waals surface area contributed by atoms with Crippen molar-refractivity contribution < 1.29 is 9.68 Å². The fourth-order valence-electron chi connectivity index (χ4n) is 4.32. The van der Waals surface area contributed by atoms with E-state index in [4.69, 9.17) is 0 Å². The molecule has 1 heterocycles. The molecule has 0 fully saturated rings. The fraction of sp³-hybridized carbons (Fsp3) is 0.958. The molecule has 0 aromatic carbocycles. The minimum absolute atomic E-state index is 0.277. The zero-order chi connectivity index (χ0) is 19.7. The summed E-state index contributed by atoms with van der Waals surface area (Å²) >= 11 is 0. The number of hydrogen-bond donors (Lipinski definition) is 1. The molecule has 0 aromatic rings. The lowest BCUT2D eigenvalue weighted by Crippen LogP contribution is -2.30. The van der Waals surface area contributed by atoms with Gasteiger partial charge in [0.25, 0.3) is 0 Å². The molecular formula is C24H49N2O+. The minimum Gasteiger partial charge on any atom is -0.392 e. The Morgan fingerprint density at radius 3 is 1.85 bits per heavy atom. The summed E-state index contributed by atoms with van der Waals surface area (Å²) in [5.41, 5.74) is 0. The number of aliphatic hydroxyl groups excluding tert-OH is 1. The number of unbranched alkanes of at least 4 members (excludes halogenated alkanes) is 11. The Bertz CT molecular complexity index is 379. The van der Waals surface area contributed by atoms with Crippen LogP contribution in [0.1, 0.15) is 111 Å². The van der Waals surface area contributed by atoms with Gasteiger partial charge in [-0.3, -0.25) is 9.48 Å². The molecule has 1 N–H and O–H groups in total. The van der Waals surface area contributed by atoms with Crippen LogP contribution in [0.2, 0.25) is 0 Å².